The first-order valence-corrected chi connectivity index (χ1v) is 3.74. The van der Waals surface area contributed by atoms with Crippen molar-refractivity contribution in [2.24, 2.45) is 0 Å². The van der Waals surface area contributed by atoms with E-state index in [2.05, 4.69) is 26.0 Å². The van der Waals surface area contributed by atoms with Gasteiger partial charge >= 0.3 is 0 Å². The van der Waals surface area contributed by atoms with Gasteiger partial charge < -0.3 is 5.11 Å². The van der Waals surface area contributed by atoms with Crippen LogP contribution < -0.4 is 0 Å². The van der Waals surface area contributed by atoms with Crippen LogP contribution in [0.15, 0.2) is 23.1 Å². The SMILES string of the molecule is Oc1cc(Br)cn2ncnc12. The second kappa shape index (κ2) is 2.20. The van der Waals surface area contributed by atoms with Crippen LogP contribution in [0.2, 0.25) is 0 Å². The van der Waals surface area contributed by atoms with E-state index in [9.17, 15) is 5.11 Å². The largest absolute Gasteiger partial charge is 0.504 e. The lowest BCUT2D eigenvalue weighted by Gasteiger charge is -1.95. The summed E-state index contributed by atoms with van der Waals surface area (Å²) in [4.78, 5) is 3.84. The lowest BCUT2D eigenvalue weighted by molar-refractivity contribution is 0.476. The lowest BCUT2D eigenvalue weighted by atomic mass is 10.4. The van der Waals surface area contributed by atoms with Crippen molar-refractivity contribution in [2.45, 2.75) is 0 Å². The Bertz CT molecular complexity index is 398. The van der Waals surface area contributed by atoms with E-state index in [0.717, 1.165) is 4.47 Å². The van der Waals surface area contributed by atoms with Crippen LogP contribution in [0.1, 0.15) is 0 Å². The highest BCUT2D eigenvalue weighted by Crippen LogP contribution is 2.20. The molecule has 0 aliphatic carbocycles. The first kappa shape index (κ1) is 6.60. The van der Waals surface area contributed by atoms with Crippen molar-refractivity contribution >= 4 is 21.6 Å². The molecule has 2 rings (SSSR count). The highest BCUT2D eigenvalue weighted by Gasteiger charge is 2.01. The Morgan fingerprint density at radius 1 is 1.55 bits per heavy atom. The van der Waals surface area contributed by atoms with E-state index in [1.54, 1.807) is 12.3 Å². The minimum atomic E-state index is 0.122. The van der Waals surface area contributed by atoms with Crippen molar-refractivity contribution < 1.29 is 5.11 Å². The van der Waals surface area contributed by atoms with Gasteiger partial charge in [-0.2, -0.15) is 5.10 Å². The third kappa shape index (κ3) is 0.970. The first-order chi connectivity index (χ1) is 5.27. The fourth-order valence-electron chi connectivity index (χ4n) is 0.877. The van der Waals surface area contributed by atoms with Crippen molar-refractivity contribution in [3.05, 3.63) is 23.1 Å². The zero-order valence-corrected chi connectivity index (χ0v) is 6.98. The molecule has 2 aromatic rings. The summed E-state index contributed by atoms with van der Waals surface area (Å²) >= 11 is 3.22. The van der Waals surface area contributed by atoms with Crippen LogP contribution in [-0.2, 0) is 0 Å². The molecule has 0 atom stereocenters. The van der Waals surface area contributed by atoms with Crippen molar-refractivity contribution in [1.82, 2.24) is 14.6 Å². The van der Waals surface area contributed by atoms with Gasteiger partial charge in [0.1, 0.15) is 6.33 Å². The molecule has 0 radical (unpaired) electrons. The molecule has 0 aliphatic rings. The molecule has 0 fully saturated rings. The molecular formula is C6H4BrN3O. The molecule has 0 aromatic carbocycles. The van der Waals surface area contributed by atoms with E-state index >= 15 is 0 Å². The smallest absolute Gasteiger partial charge is 0.197 e. The van der Waals surface area contributed by atoms with Gasteiger partial charge in [-0.25, -0.2) is 9.50 Å². The van der Waals surface area contributed by atoms with E-state index in [4.69, 9.17) is 0 Å². The molecule has 56 valence electrons. The van der Waals surface area contributed by atoms with Crippen LogP contribution in [0.4, 0.5) is 0 Å². The summed E-state index contributed by atoms with van der Waals surface area (Å²) in [6.45, 7) is 0. The Morgan fingerprint density at radius 2 is 2.36 bits per heavy atom. The molecule has 4 nitrogen and oxygen atoms in total. The molecule has 0 bridgehead atoms. The van der Waals surface area contributed by atoms with Crippen LogP contribution in [0, 0.1) is 0 Å². The molecule has 0 unspecified atom stereocenters. The van der Waals surface area contributed by atoms with E-state index < -0.39 is 0 Å². The summed E-state index contributed by atoms with van der Waals surface area (Å²) in [7, 11) is 0. The Morgan fingerprint density at radius 3 is 3.18 bits per heavy atom. The third-order valence-corrected chi connectivity index (χ3v) is 1.76. The van der Waals surface area contributed by atoms with Crippen LogP contribution in [-0.4, -0.2) is 19.7 Å². The third-order valence-electron chi connectivity index (χ3n) is 1.32. The molecule has 0 saturated heterocycles. The number of fused-ring (bicyclic) bond motifs is 1. The van der Waals surface area contributed by atoms with Gasteiger partial charge in [-0.05, 0) is 22.0 Å². The number of pyridine rings is 1. The highest BCUT2D eigenvalue weighted by molar-refractivity contribution is 9.10. The molecule has 0 aliphatic heterocycles. The summed E-state index contributed by atoms with van der Waals surface area (Å²) in [5.74, 6) is 0.122. The molecule has 0 amide bonds. The topological polar surface area (TPSA) is 50.4 Å². The van der Waals surface area contributed by atoms with Crippen molar-refractivity contribution in [2.75, 3.05) is 0 Å². The average molecular weight is 214 g/mol. The highest BCUT2D eigenvalue weighted by atomic mass is 79.9. The summed E-state index contributed by atoms with van der Waals surface area (Å²) in [6.07, 6.45) is 3.11. The monoisotopic (exact) mass is 213 g/mol. The van der Waals surface area contributed by atoms with Crippen molar-refractivity contribution in [3.63, 3.8) is 0 Å². The minimum absolute atomic E-state index is 0.122. The molecule has 5 heteroatoms. The number of halogens is 1. The maximum Gasteiger partial charge on any atom is 0.197 e. The summed E-state index contributed by atoms with van der Waals surface area (Å²) in [6, 6.07) is 1.57. The normalized spacial score (nSPS) is 10.6. The first-order valence-electron chi connectivity index (χ1n) is 2.95. The van der Waals surface area contributed by atoms with Crippen molar-refractivity contribution in [3.8, 4) is 5.75 Å². The standard InChI is InChI=1S/C6H4BrN3O/c7-4-1-5(11)6-8-3-9-10(6)2-4/h1-3,11H. The molecule has 1 N–H and O–H groups in total. The van der Waals surface area contributed by atoms with E-state index in [-0.39, 0.29) is 5.75 Å². The molecule has 0 saturated carbocycles. The maximum atomic E-state index is 9.29. The summed E-state index contributed by atoms with van der Waals surface area (Å²) in [5, 5.41) is 13.1. The number of hydrogen-bond donors (Lipinski definition) is 1. The fraction of sp³-hybridized carbons (Fsp3) is 0. The van der Waals surface area contributed by atoms with E-state index in [1.807, 2.05) is 0 Å². The number of hydrogen-bond acceptors (Lipinski definition) is 3. The van der Waals surface area contributed by atoms with Crippen LogP contribution in [0.25, 0.3) is 5.65 Å². The van der Waals surface area contributed by atoms with E-state index in [0.29, 0.717) is 5.65 Å². The fourth-order valence-corrected chi connectivity index (χ4v) is 1.29. The van der Waals surface area contributed by atoms with Crippen LogP contribution >= 0.6 is 15.9 Å². The lowest BCUT2D eigenvalue weighted by Crippen LogP contribution is -1.86. The van der Waals surface area contributed by atoms with Gasteiger partial charge in [0.05, 0.1) is 0 Å². The second-order valence-electron chi connectivity index (χ2n) is 2.07. The number of rotatable bonds is 0. The Balaban J connectivity index is 2.91. The van der Waals surface area contributed by atoms with Gasteiger partial charge in [0.25, 0.3) is 0 Å². The molecule has 2 aromatic heterocycles. The number of aromatic nitrogens is 3. The van der Waals surface area contributed by atoms with Crippen LogP contribution in [0.5, 0.6) is 5.75 Å². The zero-order valence-electron chi connectivity index (χ0n) is 5.40. The molecule has 0 spiro atoms. The van der Waals surface area contributed by atoms with Gasteiger partial charge in [0.15, 0.2) is 11.4 Å². The number of aromatic hydroxyl groups is 1. The van der Waals surface area contributed by atoms with Gasteiger partial charge in [-0.15, -0.1) is 0 Å². The van der Waals surface area contributed by atoms with Gasteiger partial charge in [-0.1, -0.05) is 0 Å². The molecular weight excluding hydrogens is 210 g/mol. The Hall–Kier alpha value is -1.10. The van der Waals surface area contributed by atoms with Gasteiger partial charge in [0.2, 0.25) is 0 Å². The van der Waals surface area contributed by atoms with Gasteiger partial charge in [0, 0.05) is 10.7 Å². The Kier molecular flexibility index (Phi) is 1.32. The second-order valence-corrected chi connectivity index (χ2v) is 2.99. The van der Waals surface area contributed by atoms with E-state index in [1.165, 1.54) is 10.8 Å². The quantitative estimate of drug-likeness (QED) is 0.716. The Labute approximate surface area is 70.6 Å². The predicted molar refractivity (Wildman–Crippen MR) is 42.4 cm³/mol. The molecule has 2 heterocycles. The van der Waals surface area contributed by atoms with Crippen LogP contribution in [0.3, 0.4) is 0 Å². The summed E-state index contributed by atoms with van der Waals surface area (Å²) in [5.41, 5.74) is 0.466. The number of nitrogens with zero attached hydrogens (tertiary/aromatic N) is 3. The van der Waals surface area contributed by atoms with Crippen molar-refractivity contribution in [1.29, 1.82) is 0 Å². The zero-order chi connectivity index (χ0) is 7.84. The maximum absolute atomic E-state index is 9.29. The average Bonchev–Trinajstić information content (AvgIpc) is 2.34. The molecule has 11 heavy (non-hydrogen) atoms. The predicted octanol–water partition coefficient (Wildman–Crippen LogP) is 1.20. The van der Waals surface area contributed by atoms with Gasteiger partial charge in [-0.3, -0.25) is 0 Å². The minimum Gasteiger partial charge on any atom is -0.504 e. The summed E-state index contributed by atoms with van der Waals surface area (Å²) < 4.78 is 2.27.